The molecule has 1 aliphatic carbocycles. The highest BCUT2D eigenvalue weighted by molar-refractivity contribution is 9.11. The van der Waals surface area contributed by atoms with E-state index in [9.17, 15) is 4.79 Å². The summed E-state index contributed by atoms with van der Waals surface area (Å²) >= 11 is 5.18. The molecule has 1 aromatic rings. The van der Waals surface area contributed by atoms with Gasteiger partial charge >= 0.3 is 5.97 Å². The second-order valence-electron chi connectivity index (χ2n) is 4.22. The monoisotopic (exact) mass is 302 g/mol. The molecule has 0 amide bonds. The van der Waals surface area contributed by atoms with Crippen molar-refractivity contribution in [2.75, 3.05) is 6.61 Å². The average Bonchev–Trinajstić information content (AvgIpc) is 2.53. The number of rotatable bonds is 2. The average molecular weight is 303 g/mol. The van der Waals surface area contributed by atoms with Crippen LogP contribution in [0.1, 0.15) is 41.1 Å². The Labute approximate surface area is 108 Å². The first-order valence-corrected chi connectivity index (χ1v) is 7.21. The molecule has 0 saturated heterocycles. The minimum absolute atomic E-state index is 0.179. The van der Waals surface area contributed by atoms with Gasteiger partial charge < -0.3 is 4.74 Å². The fourth-order valence-electron chi connectivity index (χ4n) is 2.12. The van der Waals surface area contributed by atoms with Crippen molar-refractivity contribution in [3.63, 3.8) is 0 Å². The van der Waals surface area contributed by atoms with E-state index in [1.54, 1.807) is 11.3 Å². The van der Waals surface area contributed by atoms with Crippen LogP contribution >= 0.6 is 27.3 Å². The Morgan fingerprint density at radius 1 is 1.62 bits per heavy atom. The van der Waals surface area contributed by atoms with Crippen molar-refractivity contribution in [2.24, 2.45) is 5.92 Å². The van der Waals surface area contributed by atoms with Crippen molar-refractivity contribution in [1.29, 1.82) is 0 Å². The summed E-state index contributed by atoms with van der Waals surface area (Å²) in [7, 11) is 0. The summed E-state index contributed by atoms with van der Waals surface area (Å²) in [6.07, 6.45) is 3.27. The zero-order chi connectivity index (χ0) is 11.7. The van der Waals surface area contributed by atoms with Crippen LogP contribution in [-0.4, -0.2) is 12.6 Å². The molecular formula is C12H15BrO2S. The molecule has 1 atom stereocenters. The van der Waals surface area contributed by atoms with Gasteiger partial charge in [-0.1, -0.05) is 6.92 Å². The zero-order valence-corrected chi connectivity index (χ0v) is 11.9. The van der Waals surface area contributed by atoms with E-state index in [2.05, 4.69) is 22.9 Å². The summed E-state index contributed by atoms with van der Waals surface area (Å²) < 4.78 is 6.03. The van der Waals surface area contributed by atoms with Crippen molar-refractivity contribution in [1.82, 2.24) is 0 Å². The first kappa shape index (κ1) is 12.1. The van der Waals surface area contributed by atoms with Gasteiger partial charge in [0.25, 0.3) is 0 Å². The van der Waals surface area contributed by atoms with Gasteiger partial charge in [0.1, 0.15) is 0 Å². The van der Waals surface area contributed by atoms with E-state index in [1.165, 1.54) is 16.9 Å². The van der Waals surface area contributed by atoms with Crippen LogP contribution in [0.2, 0.25) is 0 Å². The van der Waals surface area contributed by atoms with Crippen molar-refractivity contribution >= 4 is 33.2 Å². The fraction of sp³-hybridized carbons (Fsp3) is 0.583. The van der Waals surface area contributed by atoms with E-state index in [0.29, 0.717) is 6.61 Å². The van der Waals surface area contributed by atoms with Gasteiger partial charge in [-0.15, -0.1) is 11.3 Å². The topological polar surface area (TPSA) is 26.3 Å². The number of ether oxygens (including phenoxy) is 1. The molecule has 1 unspecified atom stereocenters. The molecule has 0 aliphatic heterocycles. The van der Waals surface area contributed by atoms with Crippen molar-refractivity contribution in [3.8, 4) is 0 Å². The molecule has 2 nitrogen and oxygen atoms in total. The Balaban J connectivity index is 2.35. The number of carbonyl (C=O) groups is 1. The van der Waals surface area contributed by atoms with Gasteiger partial charge in [-0.25, -0.2) is 4.79 Å². The molecule has 0 radical (unpaired) electrons. The van der Waals surface area contributed by atoms with Crippen molar-refractivity contribution < 1.29 is 9.53 Å². The smallest absolute Gasteiger partial charge is 0.340 e. The Morgan fingerprint density at radius 3 is 3.06 bits per heavy atom. The summed E-state index contributed by atoms with van der Waals surface area (Å²) in [6, 6.07) is 0. The highest BCUT2D eigenvalue weighted by Gasteiger charge is 2.27. The lowest BCUT2D eigenvalue weighted by Crippen LogP contribution is -2.13. The van der Waals surface area contributed by atoms with E-state index < -0.39 is 0 Å². The second-order valence-corrected chi connectivity index (χ2v) is 6.64. The molecule has 1 aromatic heterocycles. The molecule has 0 spiro atoms. The van der Waals surface area contributed by atoms with E-state index in [-0.39, 0.29) is 5.97 Å². The number of carbonyl (C=O) groups excluding carboxylic acids is 1. The standard InChI is InChI=1S/C12H15BrO2S/c1-3-15-12(14)10-8-5-4-7(2)6-9(8)16-11(10)13/h7H,3-6H2,1-2H3. The number of hydrogen-bond donors (Lipinski definition) is 0. The summed E-state index contributed by atoms with van der Waals surface area (Å²) in [5, 5.41) is 0. The van der Waals surface area contributed by atoms with Gasteiger partial charge in [0.2, 0.25) is 0 Å². The van der Waals surface area contributed by atoms with E-state index >= 15 is 0 Å². The van der Waals surface area contributed by atoms with Crippen molar-refractivity contribution in [2.45, 2.75) is 33.1 Å². The Kier molecular flexibility index (Phi) is 3.70. The molecule has 0 aromatic carbocycles. The molecule has 4 heteroatoms. The largest absolute Gasteiger partial charge is 0.462 e. The highest BCUT2D eigenvalue weighted by Crippen LogP contribution is 2.39. The molecule has 0 bridgehead atoms. The van der Waals surface area contributed by atoms with Crippen LogP contribution < -0.4 is 0 Å². The lowest BCUT2D eigenvalue weighted by atomic mass is 9.88. The van der Waals surface area contributed by atoms with Gasteiger partial charge in [0, 0.05) is 4.88 Å². The van der Waals surface area contributed by atoms with Crippen LogP contribution in [-0.2, 0) is 17.6 Å². The molecule has 2 rings (SSSR count). The summed E-state index contributed by atoms with van der Waals surface area (Å²) in [4.78, 5) is 13.2. The second kappa shape index (κ2) is 4.88. The summed E-state index contributed by atoms with van der Waals surface area (Å²) in [5.74, 6) is 0.550. The molecular weight excluding hydrogens is 288 g/mol. The number of halogens is 1. The van der Waals surface area contributed by atoms with E-state index in [4.69, 9.17) is 4.74 Å². The molecule has 88 valence electrons. The van der Waals surface area contributed by atoms with Gasteiger partial charge in [0.15, 0.2) is 0 Å². The molecule has 1 aliphatic rings. The van der Waals surface area contributed by atoms with Crippen LogP contribution in [0.25, 0.3) is 0 Å². The maximum absolute atomic E-state index is 11.8. The predicted octanol–water partition coefficient (Wildman–Crippen LogP) is 3.81. The Morgan fingerprint density at radius 2 is 2.38 bits per heavy atom. The van der Waals surface area contributed by atoms with Gasteiger partial charge in [-0.05, 0) is 53.6 Å². The number of esters is 1. The third kappa shape index (κ3) is 2.18. The maximum atomic E-state index is 11.8. The SMILES string of the molecule is CCOC(=O)c1c(Br)sc2c1CCC(C)C2. The minimum atomic E-state index is -0.179. The number of hydrogen-bond acceptors (Lipinski definition) is 3. The van der Waals surface area contributed by atoms with Gasteiger partial charge in [0.05, 0.1) is 16.0 Å². The third-order valence-corrected chi connectivity index (χ3v) is 4.87. The summed E-state index contributed by atoms with van der Waals surface area (Å²) in [6.45, 7) is 4.54. The quantitative estimate of drug-likeness (QED) is 0.777. The molecule has 16 heavy (non-hydrogen) atoms. The lowest BCUT2D eigenvalue weighted by Gasteiger charge is -2.18. The fourth-order valence-corrected chi connectivity index (χ4v) is 4.33. The first-order valence-electron chi connectivity index (χ1n) is 5.60. The third-order valence-electron chi connectivity index (χ3n) is 2.95. The number of thiophene rings is 1. The van der Waals surface area contributed by atoms with Crippen LogP contribution in [0.3, 0.4) is 0 Å². The molecule has 1 heterocycles. The summed E-state index contributed by atoms with van der Waals surface area (Å²) in [5.41, 5.74) is 1.99. The van der Waals surface area contributed by atoms with E-state index in [1.807, 2.05) is 6.92 Å². The normalized spacial score (nSPS) is 19.3. The number of fused-ring (bicyclic) bond motifs is 1. The molecule has 0 saturated carbocycles. The van der Waals surface area contributed by atoms with E-state index in [0.717, 1.165) is 28.1 Å². The van der Waals surface area contributed by atoms with Crippen LogP contribution in [0.4, 0.5) is 0 Å². The lowest BCUT2D eigenvalue weighted by molar-refractivity contribution is 0.0524. The zero-order valence-electron chi connectivity index (χ0n) is 9.51. The van der Waals surface area contributed by atoms with Gasteiger partial charge in [-0.3, -0.25) is 0 Å². The van der Waals surface area contributed by atoms with Gasteiger partial charge in [-0.2, -0.15) is 0 Å². The minimum Gasteiger partial charge on any atom is -0.462 e. The Hall–Kier alpha value is -0.350. The van der Waals surface area contributed by atoms with Crippen LogP contribution in [0.5, 0.6) is 0 Å². The molecule has 0 fully saturated rings. The van der Waals surface area contributed by atoms with Crippen molar-refractivity contribution in [3.05, 3.63) is 19.8 Å². The Bertz CT molecular complexity index is 411. The predicted molar refractivity (Wildman–Crippen MR) is 69.2 cm³/mol. The van der Waals surface area contributed by atoms with Crippen LogP contribution in [0, 0.1) is 5.92 Å². The first-order chi connectivity index (χ1) is 7.63. The van der Waals surface area contributed by atoms with Crippen LogP contribution in [0.15, 0.2) is 3.79 Å². The molecule has 0 N–H and O–H groups in total. The maximum Gasteiger partial charge on any atom is 0.340 e. The highest BCUT2D eigenvalue weighted by atomic mass is 79.9.